The number of nitrogens with zero attached hydrogens (tertiary/aromatic N) is 2. The number of imidazole rings is 1. The highest BCUT2D eigenvalue weighted by atomic mass is 35.5. The minimum absolute atomic E-state index is 0.0181. The van der Waals surface area contributed by atoms with Gasteiger partial charge in [-0.15, -0.1) is 0 Å². The Morgan fingerprint density at radius 2 is 2.38 bits per heavy atom. The van der Waals surface area contributed by atoms with Crippen LogP contribution in [0.2, 0.25) is 5.15 Å². The van der Waals surface area contributed by atoms with Crippen molar-refractivity contribution in [3.8, 4) is 0 Å². The fraction of sp³-hybridized carbons (Fsp3) is 0.200. The number of hydrogen-bond acceptors (Lipinski definition) is 3. The zero-order valence-corrected chi connectivity index (χ0v) is 9.11. The number of nitrogens with two attached hydrogens (primary N) is 1. The molecule has 5 nitrogen and oxygen atoms in total. The summed E-state index contributed by atoms with van der Waals surface area (Å²) in [6.45, 7) is 0. The van der Waals surface area contributed by atoms with Gasteiger partial charge in [0.2, 0.25) is 0 Å². The number of carboxylic acids is 1. The molecule has 2 aromatic rings. The normalized spacial score (nSPS) is 10.8. The van der Waals surface area contributed by atoms with Crippen LogP contribution in [0.3, 0.4) is 0 Å². The summed E-state index contributed by atoms with van der Waals surface area (Å²) in [5.74, 6) is -0.258. The largest absolute Gasteiger partial charge is 0.481 e. The first-order valence-electron chi connectivity index (χ1n) is 4.72. The van der Waals surface area contributed by atoms with E-state index in [2.05, 4.69) is 4.98 Å². The van der Waals surface area contributed by atoms with E-state index < -0.39 is 5.97 Å². The molecule has 3 N–H and O–H groups in total. The Bertz CT molecular complexity index is 550. The van der Waals surface area contributed by atoms with Crippen LogP contribution in [0.5, 0.6) is 0 Å². The van der Waals surface area contributed by atoms with E-state index in [1.807, 2.05) is 0 Å². The van der Waals surface area contributed by atoms with Crippen molar-refractivity contribution in [2.75, 3.05) is 5.73 Å². The van der Waals surface area contributed by atoms with Gasteiger partial charge in [-0.25, -0.2) is 4.98 Å². The molecule has 2 rings (SSSR count). The minimum atomic E-state index is -0.864. The molecular weight excluding hydrogens is 230 g/mol. The quantitative estimate of drug-likeness (QED) is 0.852. The van der Waals surface area contributed by atoms with Gasteiger partial charge in [0.05, 0.1) is 12.1 Å². The van der Waals surface area contributed by atoms with Gasteiger partial charge in [-0.05, 0) is 12.1 Å². The van der Waals surface area contributed by atoms with Gasteiger partial charge in [0.1, 0.15) is 11.3 Å². The Kier molecular flexibility index (Phi) is 2.70. The molecule has 0 saturated heterocycles. The maximum Gasteiger partial charge on any atom is 0.303 e. The van der Waals surface area contributed by atoms with Crippen molar-refractivity contribution in [2.24, 2.45) is 0 Å². The molecule has 0 aliphatic heterocycles. The maximum atomic E-state index is 10.5. The molecule has 0 aliphatic rings. The smallest absolute Gasteiger partial charge is 0.303 e. The van der Waals surface area contributed by atoms with Crippen molar-refractivity contribution in [2.45, 2.75) is 12.8 Å². The van der Waals surface area contributed by atoms with Crippen molar-refractivity contribution in [1.29, 1.82) is 0 Å². The molecule has 0 aromatic carbocycles. The number of carboxylic acid groups (broad SMARTS) is 1. The van der Waals surface area contributed by atoms with Gasteiger partial charge in [-0.3, -0.25) is 4.79 Å². The highest BCUT2D eigenvalue weighted by molar-refractivity contribution is 6.33. The lowest BCUT2D eigenvalue weighted by Crippen LogP contribution is -2.01. The number of hydrogen-bond donors (Lipinski definition) is 2. The molecule has 16 heavy (non-hydrogen) atoms. The summed E-state index contributed by atoms with van der Waals surface area (Å²) < 4.78 is 1.72. The van der Waals surface area contributed by atoms with Crippen LogP contribution in [0.15, 0.2) is 18.3 Å². The second-order valence-electron chi connectivity index (χ2n) is 3.39. The van der Waals surface area contributed by atoms with E-state index in [0.717, 1.165) is 0 Å². The zero-order chi connectivity index (χ0) is 11.7. The Morgan fingerprint density at radius 1 is 1.62 bits per heavy atom. The first-order chi connectivity index (χ1) is 7.59. The molecule has 0 saturated carbocycles. The summed E-state index contributed by atoms with van der Waals surface area (Å²) in [5, 5.41) is 8.92. The number of aliphatic carboxylic acids is 1. The topological polar surface area (TPSA) is 80.6 Å². The van der Waals surface area contributed by atoms with E-state index in [1.165, 1.54) is 0 Å². The van der Waals surface area contributed by atoms with Crippen LogP contribution in [0, 0.1) is 0 Å². The Morgan fingerprint density at radius 3 is 3.06 bits per heavy atom. The Labute approximate surface area is 96.5 Å². The van der Waals surface area contributed by atoms with E-state index in [1.54, 1.807) is 22.7 Å². The molecule has 2 heterocycles. The maximum absolute atomic E-state index is 10.5. The number of pyridine rings is 1. The molecule has 0 radical (unpaired) electrons. The predicted molar refractivity (Wildman–Crippen MR) is 60.6 cm³/mol. The first kappa shape index (κ1) is 10.8. The Hall–Kier alpha value is -1.75. The molecule has 0 fully saturated rings. The van der Waals surface area contributed by atoms with Gasteiger partial charge in [-0.2, -0.15) is 0 Å². The summed E-state index contributed by atoms with van der Waals surface area (Å²) >= 11 is 5.94. The molecule has 0 unspecified atom stereocenters. The van der Waals surface area contributed by atoms with Crippen LogP contribution in [0.25, 0.3) is 5.52 Å². The van der Waals surface area contributed by atoms with Crippen LogP contribution in [0.1, 0.15) is 12.2 Å². The van der Waals surface area contributed by atoms with Crippen molar-refractivity contribution in [3.63, 3.8) is 0 Å². The van der Waals surface area contributed by atoms with Crippen LogP contribution >= 0.6 is 11.6 Å². The summed E-state index contributed by atoms with van der Waals surface area (Å²) in [6.07, 6.45) is 2.11. The van der Waals surface area contributed by atoms with Gasteiger partial charge < -0.3 is 15.2 Å². The number of aryl methyl sites for hydroxylation is 1. The summed E-state index contributed by atoms with van der Waals surface area (Å²) in [5.41, 5.74) is 6.92. The number of aromatic nitrogens is 2. The lowest BCUT2D eigenvalue weighted by Gasteiger charge is -2.00. The van der Waals surface area contributed by atoms with Crippen molar-refractivity contribution < 1.29 is 9.90 Å². The number of fused-ring (bicyclic) bond motifs is 1. The van der Waals surface area contributed by atoms with Crippen LogP contribution in [-0.2, 0) is 11.2 Å². The highest BCUT2D eigenvalue weighted by Gasteiger charge is 2.12. The van der Waals surface area contributed by atoms with Gasteiger partial charge >= 0.3 is 5.97 Å². The zero-order valence-electron chi connectivity index (χ0n) is 8.35. The second kappa shape index (κ2) is 4.02. The van der Waals surface area contributed by atoms with Gasteiger partial charge in [0.15, 0.2) is 5.15 Å². The number of halogens is 1. The predicted octanol–water partition coefficient (Wildman–Crippen LogP) is 1.59. The fourth-order valence-electron chi connectivity index (χ4n) is 1.57. The van der Waals surface area contributed by atoms with E-state index in [9.17, 15) is 4.79 Å². The van der Waals surface area contributed by atoms with Gasteiger partial charge in [-0.1, -0.05) is 11.6 Å². The number of carbonyl (C=O) groups is 1. The van der Waals surface area contributed by atoms with Crippen LogP contribution in [0.4, 0.5) is 5.69 Å². The second-order valence-corrected chi connectivity index (χ2v) is 3.75. The number of anilines is 1. The molecule has 6 heteroatoms. The van der Waals surface area contributed by atoms with E-state index in [4.69, 9.17) is 22.4 Å². The number of rotatable bonds is 3. The molecule has 0 amide bonds. The standard InChI is InChI=1S/C10H10ClN3O2/c11-10-9-6(12)2-1-5-14(9)7(13-10)3-4-8(15)16/h1-2,5H,3-4,12H2,(H,15,16). The average Bonchev–Trinajstić information content (AvgIpc) is 2.54. The Balaban J connectivity index is 2.47. The summed E-state index contributed by atoms with van der Waals surface area (Å²) in [7, 11) is 0. The van der Waals surface area contributed by atoms with Crippen LogP contribution in [-0.4, -0.2) is 20.5 Å². The van der Waals surface area contributed by atoms with Gasteiger partial charge in [0.25, 0.3) is 0 Å². The van der Waals surface area contributed by atoms with E-state index in [0.29, 0.717) is 28.6 Å². The third kappa shape index (κ3) is 1.81. The summed E-state index contributed by atoms with van der Waals surface area (Å²) in [4.78, 5) is 14.6. The molecule has 0 bridgehead atoms. The first-order valence-corrected chi connectivity index (χ1v) is 5.10. The van der Waals surface area contributed by atoms with Gasteiger partial charge in [0, 0.05) is 12.6 Å². The summed E-state index contributed by atoms with van der Waals surface area (Å²) in [6, 6.07) is 3.49. The molecule has 84 valence electrons. The molecule has 0 aliphatic carbocycles. The highest BCUT2D eigenvalue weighted by Crippen LogP contribution is 2.24. The average molecular weight is 240 g/mol. The third-order valence-electron chi connectivity index (χ3n) is 2.29. The van der Waals surface area contributed by atoms with E-state index in [-0.39, 0.29) is 6.42 Å². The third-order valence-corrected chi connectivity index (χ3v) is 2.55. The molecular formula is C10H10ClN3O2. The molecule has 2 aromatic heterocycles. The van der Waals surface area contributed by atoms with Crippen molar-refractivity contribution >= 4 is 28.8 Å². The molecule has 0 spiro atoms. The monoisotopic (exact) mass is 239 g/mol. The van der Waals surface area contributed by atoms with E-state index >= 15 is 0 Å². The van der Waals surface area contributed by atoms with Crippen LogP contribution < -0.4 is 5.73 Å². The SMILES string of the molecule is Nc1cccn2c(CCC(=O)O)nc(Cl)c12. The number of nitrogen functional groups attached to an aromatic ring is 1. The fourth-order valence-corrected chi connectivity index (χ4v) is 1.87. The lowest BCUT2D eigenvalue weighted by atomic mass is 10.3. The lowest BCUT2D eigenvalue weighted by molar-refractivity contribution is -0.137. The minimum Gasteiger partial charge on any atom is -0.481 e. The molecule has 0 atom stereocenters. The van der Waals surface area contributed by atoms with Crippen molar-refractivity contribution in [3.05, 3.63) is 29.3 Å². The van der Waals surface area contributed by atoms with Crippen molar-refractivity contribution in [1.82, 2.24) is 9.38 Å².